The van der Waals surface area contributed by atoms with E-state index in [4.69, 9.17) is 4.74 Å². The first-order chi connectivity index (χ1) is 14.2. The van der Waals surface area contributed by atoms with Crippen LogP contribution in [0.4, 0.5) is 5.82 Å². The van der Waals surface area contributed by atoms with Gasteiger partial charge in [-0.1, -0.05) is 24.3 Å². The van der Waals surface area contributed by atoms with Gasteiger partial charge in [-0.3, -0.25) is 4.99 Å². The van der Waals surface area contributed by atoms with Crippen molar-refractivity contribution >= 4 is 11.8 Å². The van der Waals surface area contributed by atoms with Crippen LogP contribution in [0.3, 0.4) is 0 Å². The third kappa shape index (κ3) is 6.38. The Morgan fingerprint density at radius 2 is 1.93 bits per heavy atom. The van der Waals surface area contributed by atoms with Gasteiger partial charge in [0.25, 0.3) is 0 Å². The fraction of sp³-hybridized carbons (Fsp3) is 0.478. The molecule has 1 aromatic heterocycles. The van der Waals surface area contributed by atoms with Gasteiger partial charge in [0.1, 0.15) is 11.6 Å². The molecule has 2 aromatic rings. The van der Waals surface area contributed by atoms with E-state index in [9.17, 15) is 0 Å². The molecule has 0 unspecified atom stereocenters. The Morgan fingerprint density at radius 1 is 1.14 bits per heavy atom. The number of para-hydroxylation sites is 1. The van der Waals surface area contributed by atoms with Crippen molar-refractivity contribution in [2.75, 3.05) is 38.2 Å². The Hall–Kier alpha value is -2.76. The first-order valence-electron chi connectivity index (χ1n) is 10.5. The van der Waals surface area contributed by atoms with E-state index in [2.05, 4.69) is 50.6 Å². The Balaban J connectivity index is 1.35. The Labute approximate surface area is 174 Å². The van der Waals surface area contributed by atoms with E-state index in [0.717, 1.165) is 62.1 Å². The van der Waals surface area contributed by atoms with Crippen molar-refractivity contribution < 1.29 is 4.74 Å². The highest BCUT2D eigenvalue weighted by atomic mass is 16.5. The number of ether oxygens (including phenoxy) is 1. The second kappa shape index (κ2) is 10.7. The lowest BCUT2D eigenvalue weighted by Crippen LogP contribution is -2.49. The summed E-state index contributed by atoms with van der Waals surface area (Å²) in [7, 11) is 1.82. The highest BCUT2D eigenvalue weighted by Gasteiger charge is 2.20. The van der Waals surface area contributed by atoms with Crippen LogP contribution in [0.25, 0.3) is 0 Å². The summed E-state index contributed by atoms with van der Waals surface area (Å²) in [4.78, 5) is 11.4. The number of aromatic nitrogens is 1. The molecule has 1 fully saturated rings. The van der Waals surface area contributed by atoms with E-state index in [1.54, 1.807) is 0 Å². The summed E-state index contributed by atoms with van der Waals surface area (Å²) in [5, 5.41) is 6.96. The molecule has 0 aliphatic carbocycles. The first kappa shape index (κ1) is 21.0. The molecule has 2 heterocycles. The molecule has 3 rings (SSSR count). The summed E-state index contributed by atoms with van der Waals surface area (Å²) in [6.07, 6.45) is 3.08. The van der Waals surface area contributed by atoms with E-state index in [-0.39, 0.29) is 0 Å². The number of piperidine rings is 1. The van der Waals surface area contributed by atoms with Crippen molar-refractivity contribution in [1.82, 2.24) is 15.6 Å². The van der Waals surface area contributed by atoms with Crippen LogP contribution < -0.4 is 20.3 Å². The summed E-state index contributed by atoms with van der Waals surface area (Å²) < 4.78 is 5.85. The zero-order valence-electron chi connectivity index (χ0n) is 17.8. The van der Waals surface area contributed by atoms with E-state index in [1.807, 2.05) is 38.2 Å². The quantitative estimate of drug-likeness (QED) is 0.428. The normalized spacial score (nSPS) is 15.3. The molecule has 0 bridgehead atoms. The van der Waals surface area contributed by atoms with Gasteiger partial charge < -0.3 is 20.3 Å². The van der Waals surface area contributed by atoms with Crippen LogP contribution in [-0.4, -0.2) is 50.3 Å². The van der Waals surface area contributed by atoms with Gasteiger partial charge >= 0.3 is 0 Å². The molecule has 0 radical (unpaired) electrons. The van der Waals surface area contributed by atoms with Crippen LogP contribution in [0, 0.1) is 13.8 Å². The van der Waals surface area contributed by atoms with Gasteiger partial charge in [-0.15, -0.1) is 0 Å². The number of benzene rings is 1. The molecule has 1 aromatic carbocycles. The van der Waals surface area contributed by atoms with Crippen molar-refractivity contribution in [2.24, 2.45) is 4.99 Å². The van der Waals surface area contributed by atoms with Crippen LogP contribution in [0.2, 0.25) is 0 Å². The summed E-state index contributed by atoms with van der Waals surface area (Å²) in [5.41, 5.74) is 2.24. The fourth-order valence-corrected chi connectivity index (χ4v) is 3.53. The lowest BCUT2D eigenvalue weighted by molar-refractivity contribution is 0.309. The molecule has 0 amide bonds. The van der Waals surface area contributed by atoms with Crippen LogP contribution >= 0.6 is 0 Å². The van der Waals surface area contributed by atoms with Gasteiger partial charge in [-0.05, 0) is 56.9 Å². The van der Waals surface area contributed by atoms with Gasteiger partial charge in [0.05, 0.1) is 6.61 Å². The number of rotatable bonds is 7. The number of aliphatic imine (C=N–C) groups is 1. The second-order valence-corrected chi connectivity index (χ2v) is 7.51. The van der Waals surface area contributed by atoms with Gasteiger partial charge in [0.15, 0.2) is 5.96 Å². The number of pyridine rings is 1. The molecule has 1 aliphatic heterocycles. The van der Waals surface area contributed by atoms with Crippen molar-refractivity contribution in [2.45, 2.75) is 39.2 Å². The third-order valence-corrected chi connectivity index (χ3v) is 5.22. The number of hydrogen-bond donors (Lipinski definition) is 2. The van der Waals surface area contributed by atoms with E-state index in [0.29, 0.717) is 12.6 Å². The van der Waals surface area contributed by atoms with E-state index < -0.39 is 0 Å². The average molecular weight is 396 g/mol. The predicted octanol–water partition coefficient (Wildman–Crippen LogP) is 3.30. The first-order valence-corrected chi connectivity index (χ1v) is 10.5. The number of aryl methyl sites for hydroxylation is 2. The van der Waals surface area contributed by atoms with Gasteiger partial charge in [0.2, 0.25) is 0 Å². The molecule has 0 saturated carbocycles. The number of guanidine groups is 1. The minimum atomic E-state index is 0.436. The molecule has 0 spiro atoms. The Kier molecular flexibility index (Phi) is 7.73. The molecule has 1 aliphatic rings. The molecular formula is C23H33N5O. The standard InChI is InChI=1S/C23H33N5O/c1-18-8-4-5-10-21(18)29-17-7-14-25-23(24-3)27-20-12-15-28(16-13-20)22-11-6-9-19(2)26-22/h4-6,8-11,20H,7,12-17H2,1-3H3,(H2,24,25,27). The molecule has 156 valence electrons. The smallest absolute Gasteiger partial charge is 0.191 e. The second-order valence-electron chi connectivity index (χ2n) is 7.51. The van der Waals surface area contributed by atoms with Crippen LogP contribution in [0.15, 0.2) is 47.5 Å². The number of hydrogen-bond acceptors (Lipinski definition) is 4. The van der Waals surface area contributed by atoms with Crippen molar-refractivity contribution in [3.63, 3.8) is 0 Å². The monoisotopic (exact) mass is 395 g/mol. The number of nitrogens with zero attached hydrogens (tertiary/aromatic N) is 3. The van der Waals surface area contributed by atoms with Crippen molar-refractivity contribution in [3.05, 3.63) is 53.7 Å². The summed E-state index contributed by atoms with van der Waals surface area (Å²) in [6.45, 7) is 7.65. The summed E-state index contributed by atoms with van der Waals surface area (Å²) in [5.74, 6) is 2.91. The number of nitrogens with one attached hydrogen (secondary N) is 2. The molecular weight excluding hydrogens is 362 g/mol. The summed E-state index contributed by atoms with van der Waals surface area (Å²) >= 11 is 0. The van der Waals surface area contributed by atoms with Crippen LogP contribution in [0.1, 0.15) is 30.5 Å². The molecule has 1 saturated heterocycles. The lowest BCUT2D eigenvalue weighted by Gasteiger charge is -2.34. The van der Waals surface area contributed by atoms with Crippen LogP contribution in [0.5, 0.6) is 5.75 Å². The van der Waals surface area contributed by atoms with Crippen molar-refractivity contribution in [3.8, 4) is 5.75 Å². The van der Waals surface area contributed by atoms with Gasteiger partial charge in [0, 0.05) is 38.4 Å². The predicted molar refractivity (Wildman–Crippen MR) is 120 cm³/mol. The maximum atomic E-state index is 5.85. The highest BCUT2D eigenvalue weighted by Crippen LogP contribution is 2.18. The average Bonchev–Trinajstić information content (AvgIpc) is 2.74. The third-order valence-electron chi connectivity index (χ3n) is 5.22. The fourth-order valence-electron chi connectivity index (χ4n) is 3.53. The van der Waals surface area contributed by atoms with Crippen molar-refractivity contribution in [1.29, 1.82) is 0 Å². The van der Waals surface area contributed by atoms with E-state index in [1.165, 1.54) is 5.56 Å². The summed E-state index contributed by atoms with van der Waals surface area (Å²) in [6, 6.07) is 14.8. The maximum Gasteiger partial charge on any atom is 0.191 e. The topological polar surface area (TPSA) is 61.8 Å². The Bertz CT molecular complexity index is 799. The molecule has 29 heavy (non-hydrogen) atoms. The Morgan fingerprint density at radius 3 is 2.66 bits per heavy atom. The van der Waals surface area contributed by atoms with Gasteiger partial charge in [-0.25, -0.2) is 4.98 Å². The largest absolute Gasteiger partial charge is 0.493 e. The minimum absolute atomic E-state index is 0.436. The molecule has 2 N–H and O–H groups in total. The minimum Gasteiger partial charge on any atom is -0.493 e. The van der Waals surface area contributed by atoms with Gasteiger partial charge in [-0.2, -0.15) is 0 Å². The zero-order valence-corrected chi connectivity index (χ0v) is 17.8. The molecule has 6 heteroatoms. The zero-order chi connectivity index (χ0) is 20.5. The lowest BCUT2D eigenvalue weighted by atomic mass is 10.1. The molecule has 6 nitrogen and oxygen atoms in total. The van der Waals surface area contributed by atoms with Crippen LogP contribution in [-0.2, 0) is 0 Å². The van der Waals surface area contributed by atoms with E-state index >= 15 is 0 Å². The number of anilines is 1. The molecule has 0 atom stereocenters. The maximum absolute atomic E-state index is 5.85. The SMILES string of the molecule is CN=C(NCCCOc1ccccc1C)NC1CCN(c2cccc(C)n2)CC1. The highest BCUT2D eigenvalue weighted by molar-refractivity contribution is 5.79.